The predicted octanol–water partition coefficient (Wildman–Crippen LogP) is 0.627. The minimum Gasteiger partial charge on any atom is -0.480 e. The number of halogens is 1. The Bertz CT molecular complexity index is 198. The molecule has 5 nitrogen and oxygen atoms in total. The third kappa shape index (κ3) is 1.79. The second-order valence-corrected chi connectivity index (χ2v) is 4.38. The highest BCUT2D eigenvalue weighted by atomic mass is 127. The van der Waals surface area contributed by atoms with Crippen LogP contribution in [0.2, 0.25) is 0 Å². The highest BCUT2D eigenvalue weighted by Gasteiger charge is 2.38. The monoisotopic (exact) mass is 285 g/mol. The third-order valence-electron chi connectivity index (χ3n) is 1.78. The van der Waals surface area contributed by atoms with Crippen molar-refractivity contribution in [2.75, 3.05) is 6.54 Å². The molecular formula is C6H8INO4. The number of carboxylic acids is 1. The molecule has 1 aliphatic heterocycles. The Kier molecular flexibility index (Phi) is 2.76. The molecule has 0 radical (unpaired) electrons. The molecule has 1 amide bonds. The Morgan fingerprint density at radius 3 is 2.33 bits per heavy atom. The number of rotatable bonds is 1. The molecular weight excluding hydrogens is 277 g/mol. The second-order valence-electron chi connectivity index (χ2n) is 2.62. The first kappa shape index (κ1) is 9.56. The Morgan fingerprint density at radius 2 is 2.00 bits per heavy atom. The average Bonchev–Trinajstić information content (AvgIpc) is 2.31. The van der Waals surface area contributed by atoms with Crippen LogP contribution in [-0.4, -0.2) is 43.7 Å². The van der Waals surface area contributed by atoms with Gasteiger partial charge in [0.25, 0.3) is 0 Å². The zero-order valence-corrected chi connectivity index (χ0v) is 8.26. The van der Waals surface area contributed by atoms with Crippen molar-refractivity contribution in [3.63, 3.8) is 0 Å². The van der Waals surface area contributed by atoms with E-state index < -0.39 is 18.1 Å². The zero-order valence-electron chi connectivity index (χ0n) is 6.11. The molecule has 2 atom stereocenters. The molecule has 0 aromatic heterocycles. The van der Waals surface area contributed by atoms with E-state index in [1.807, 2.05) is 0 Å². The molecule has 1 fully saturated rings. The summed E-state index contributed by atoms with van der Waals surface area (Å²) in [5.41, 5.74) is 0. The van der Waals surface area contributed by atoms with Gasteiger partial charge in [-0.05, 0) is 6.42 Å². The second kappa shape index (κ2) is 3.46. The van der Waals surface area contributed by atoms with Crippen molar-refractivity contribution < 1.29 is 19.8 Å². The average molecular weight is 285 g/mol. The van der Waals surface area contributed by atoms with E-state index in [1.165, 1.54) is 0 Å². The fraction of sp³-hybridized carbons (Fsp3) is 0.667. The first-order valence-electron chi connectivity index (χ1n) is 3.39. The van der Waals surface area contributed by atoms with Gasteiger partial charge in [-0.2, -0.15) is 0 Å². The van der Waals surface area contributed by atoms with E-state index in [4.69, 9.17) is 10.2 Å². The normalized spacial score (nSPS) is 28.9. The largest absolute Gasteiger partial charge is 0.480 e. The van der Waals surface area contributed by atoms with Crippen molar-refractivity contribution in [1.29, 1.82) is 0 Å². The summed E-state index contributed by atoms with van der Waals surface area (Å²) < 4.78 is 0.111. The van der Waals surface area contributed by atoms with Crippen LogP contribution in [0.25, 0.3) is 0 Å². The fourth-order valence-electron chi connectivity index (χ4n) is 1.23. The van der Waals surface area contributed by atoms with Crippen LogP contribution in [0.3, 0.4) is 0 Å². The number of carbonyl (C=O) groups is 2. The number of amides is 1. The number of likely N-dealkylation sites (tertiary alicyclic amines) is 1. The first-order valence-corrected chi connectivity index (χ1v) is 4.63. The van der Waals surface area contributed by atoms with Gasteiger partial charge in [0.05, 0.1) is 0 Å². The summed E-state index contributed by atoms with van der Waals surface area (Å²) in [6, 6.07) is -0.857. The molecule has 0 saturated carbocycles. The number of hydrogen-bond acceptors (Lipinski definition) is 2. The maximum Gasteiger partial charge on any atom is 0.408 e. The van der Waals surface area contributed by atoms with Crippen molar-refractivity contribution in [3.8, 4) is 0 Å². The highest BCUT2D eigenvalue weighted by molar-refractivity contribution is 14.1. The zero-order chi connectivity index (χ0) is 9.30. The smallest absolute Gasteiger partial charge is 0.408 e. The molecule has 1 heterocycles. The maximum absolute atomic E-state index is 10.6. The minimum absolute atomic E-state index is 0.111. The molecule has 1 saturated heterocycles. The van der Waals surface area contributed by atoms with Crippen LogP contribution in [0.5, 0.6) is 0 Å². The molecule has 0 bridgehead atoms. The van der Waals surface area contributed by atoms with Gasteiger partial charge in [0.2, 0.25) is 0 Å². The Morgan fingerprint density at radius 1 is 1.42 bits per heavy atom. The summed E-state index contributed by atoms with van der Waals surface area (Å²) in [6.45, 7) is 0.312. The van der Waals surface area contributed by atoms with Gasteiger partial charge in [0.1, 0.15) is 6.04 Å². The van der Waals surface area contributed by atoms with Crippen LogP contribution in [0.1, 0.15) is 6.42 Å². The number of hydrogen-bond donors (Lipinski definition) is 2. The number of aliphatic carboxylic acids is 1. The SMILES string of the molecule is O=C(O)C1CC(I)CN1C(=O)O. The van der Waals surface area contributed by atoms with Gasteiger partial charge in [-0.1, -0.05) is 22.6 Å². The van der Waals surface area contributed by atoms with Crippen LogP contribution in [0.15, 0.2) is 0 Å². The van der Waals surface area contributed by atoms with E-state index in [2.05, 4.69) is 22.6 Å². The Balaban J connectivity index is 2.72. The summed E-state index contributed by atoms with van der Waals surface area (Å²) in [4.78, 5) is 22.0. The van der Waals surface area contributed by atoms with E-state index >= 15 is 0 Å². The topological polar surface area (TPSA) is 77.8 Å². The molecule has 1 aliphatic rings. The van der Waals surface area contributed by atoms with Crippen LogP contribution >= 0.6 is 22.6 Å². The van der Waals surface area contributed by atoms with E-state index in [0.717, 1.165) is 4.90 Å². The predicted molar refractivity (Wildman–Crippen MR) is 48.6 cm³/mol. The van der Waals surface area contributed by atoms with Crippen molar-refractivity contribution in [2.24, 2.45) is 0 Å². The summed E-state index contributed by atoms with van der Waals surface area (Å²) in [5.74, 6) is -1.06. The number of carboxylic acid groups (broad SMARTS) is 2. The van der Waals surface area contributed by atoms with Gasteiger partial charge in [0, 0.05) is 10.5 Å². The fourth-order valence-corrected chi connectivity index (χ4v) is 2.14. The molecule has 0 aliphatic carbocycles. The Labute approximate surface area is 82.5 Å². The first-order chi connectivity index (χ1) is 5.52. The molecule has 0 aromatic carbocycles. The lowest BCUT2D eigenvalue weighted by Gasteiger charge is -2.16. The van der Waals surface area contributed by atoms with Crippen molar-refractivity contribution in [2.45, 2.75) is 16.4 Å². The van der Waals surface area contributed by atoms with E-state index in [9.17, 15) is 9.59 Å². The van der Waals surface area contributed by atoms with Crippen LogP contribution in [-0.2, 0) is 4.79 Å². The summed E-state index contributed by atoms with van der Waals surface area (Å²) in [7, 11) is 0. The van der Waals surface area contributed by atoms with Crippen molar-refractivity contribution in [1.82, 2.24) is 4.90 Å². The Hall–Kier alpha value is -0.530. The maximum atomic E-state index is 10.6. The van der Waals surface area contributed by atoms with Gasteiger partial charge in [-0.15, -0.1) is 0 Å². The lowest BCUT2D eigenvalue weighted by Crippen LogP contribution is -2.39. The molecule has 2 N–H and O–H groups in total. The van der Waals surface area contributed by atoms with E-state index in [1.54, 1.807) is 0 Å². The molecule has 0 aromatic rings. The van der Waals surface area contributed by atoms with Gasteiger partial charge < -0.3 is 10.2 Å². The van der Waals surface area contributed by atoms with Crippen LogP contribution in [0.4, 0.5) is 4.79 Å². The number of nitrogens with zero attached hydrogens (tertiary/aromatic N) is 1. The molecule has 68 valence electrons. The van der Waals surface area contributed by atoms with E-state index in [0.29, 0.717) is 13.0 Å². The standard InChI is InChI=1S/C6H8INO4/c7-3-1-4(5(9)10)8(2-3)6(11)12/h3-4H,1-2H2,(H,9,10)(H,11,12). The van der Waals surface area contributed by atoms with Gasteiger partial charge in [-0.3, -0.25) is 4.90 Å². The summed E-state index contributed by atoms with van der Waals surface area (Å²) >= 11 is 2.06. The van der Waals surface area contributed by atoms with Crippen LogP contribution in [0, 0.1) is 0 Å². The summed E-state index contributed by atoms with van der Waals surface area (Å²) in [5, 5.41) is 17.3. The van der Waals surface area contributed by atoms with Crippen molar-refractivity contribution in [3.05, 3.63) is 0 Å². The van der Waals surface area contributed by atoms with Crippen molar-refractivity contribution >= 4 is 34.7 Å². The van der Waals surface area contributed by atoms with Gasteiger partial charge in [0.15, 0.2) is 0 Å². The van der Waals surface area contributed by atoms with Gasteiger partial charge in [-0.25, -0.2) is 9.59 Å². The lowest BCUT2D eigenvalue weighted by atomic mass is 10.2. The molecule has 2 unspecified atom stereocenters. The molecule has 12 heavy (non-hydrogen) atoms. The minimum atomic E-state index is -1.15. The van der Waals surface area contributed by atoms with E-state index in [-0.39, 0.29) is 3.92 Å². The molecule has 0 spiro atoms. The molecule has 1 rings (SSSR count). The highest BCUT2D eigenvalue weighted by Crippen LogP contribution is 2.23. The van der Waals surface area contributed by atoms with Gasteiger partial charge >= 0.3 is 12.1 Å². The molecule has 6 heteroatoms. The third-order valence-corrected chi connectivity index (χ3v) is 2.68. The number of alkyl halides is 1. The quantitative estimate of drug-likeness (QED) is 0.547. The lowest BCUT2D eigenvalue weighted by molar-refractivity contribution is -0.141. The van der Waals surface area contributed by atoms with Crippen LogP contribution < -0.4 is 0 Å². The summed E-state index contributed by atoms with van der Waals surface area (Å²) in [6.07, 6.45) is -0.746.